The molecule has 4 rings (SSSR count). The van der Waals surface area contributed by atoms with Gasteiger partial charge in [-0.1, -0.05) is 77.9 Å². The lowest BCUT2D eigenvalue weighted by atomic mass is 9.80. The third-order valence-electron chi connectivity index (χ3n) is 5.66. The Kier molecular flexibility index (Phi) is 9.97. The van der Waals surface area contributed by atoms with Crippen LogP contribution in [0, 0.1) is 20.8 Å². The van der Waals surface area contributed by atoms with Crippen LogP contribution in [0.3, 0.4) is 0 Å². The van der Waals surface area contributed by atoms with E-state index >= 15 is 0 Å². The maximum Gasteiger partial charge on any atom is 0.488 e. The van der Waals surface area contributed by atoms with Gasteiger partial charge in [-0.15, -0.1) is 11.3 Å². The van der Waals surface area contributed by atoms with Gasteiger partial charge in [-0.25, -0.2) is 13.2 Å². The minimum Gasteiger partial charge on any atom is -0.456 e. The van der Waals surface area contributed by atoms with Crippen LogP contribution < -0.4 is 10.2 Å². The maximum atomic E-state index is 13.0. The topological polar surface area (TPSA) is 113 Å². The quantitative estimate of drug-likeness (QED) is 0.207. The maximum absolute atomic E-state index is 13.0. The molecule has 0 aliphatic rings. The summed E-state index contributed by atoms with van der Waals surface area (Å²) in [6.07, 6.45) is 0. The third kappa shape index (κ3) is 8.53. The Morgan fingerprint density at radius 1 is 0.875 bits per heavy atom. The number of ether oxygens (including phenoxy) is 1. The van der Waals surface area contributed by atoms with Crippen molar-refractivity contribution in [1.82, 2.24) is 0 Å². The third-order valence-corrected chi connectivity index (χ3v) is 8.35. The van der Waals surface area contributed by atoms with Gasteiger partial charge in [0, 0.05) is 4.88 Å². The molecule has 1 heterocycles. The molecule has 0 bridgehead atoms. The highest BCUT2D eigenvalue weighted by atomic mass is 32.2. The van der Waals surface area contributed by atoms with Gasteiger partial charge in [-0.05, 0) is 70.3 Å². The number of hydrogen-bond donors (Lipinski definition) is 3. The average molecular weight is 580 g/mol. The molecule has 4 aromatic rings. The summed E-state index contributed by atoms with van der Waals surface area (Å²) in [4.78, 5) is 14.0. The normalized spacial score (nSPS) is 11.3. The Bertz CT molecular complexity index is 1560. The van der Waals surface area contributed by atoms with Crippen molar-refractivity contribution in [2.24, 2.45) is 0 Å². The molecule has 0 saturated heterocycles. The first-order valence-corrected chi connectivity index (χ1v) is 14.9. The van der Waals surface area contributed by atoms with Gasteiger partial charge in [-0.3, -0.25) is 4.72 Å². The van der Waals surface area contributed by atoms with E-state index in [1.54, 1.807) is 64.1 Å². The standard InChI is InChI=1S/C23H25NO4S2.C7H9BO2/c1-15-10-12-17(13-11-15)19-14-18(21(29-19)22(25)28-23(3,4)5)24-30(26,27)20-9-7-6-8-16(20)2;1-6-2-4-7(5-3-6)8(9)10/h6-14,24H,1-5H3;2-5,9-10H,1H3. The Morgan fingerprint density at radius 3 is 1.95 bits per heavy atom. The van der Waals surface area contributed by atoms with Crippen LogP contribution >= 0.6 is 11.3 Å². The van der Waals surface area contributed by atoms with E-state index in [4.69, 9.17) is 14.8 Å². The van der Waals surface area contributed by atoms with Crippen LogP contribution in [-0.4, -0.2) is 37.2 Å². The van der Waals surface area contributed by atoms with E-state index in [2.05, 4.69) is 4.72 Å². The van der Waals surface area contributed by atoms with Crippen molar-refractivity contribution in [2.45, 2.75) is 52.0 Å². The molecule has 0 atom stereocenters. The van der Waals surface area contributed by atoms with Gasteiger partial charge in [0.15, 0.2) is 0 Å². The van der Waals surface area contributed by atoms with Gasteiger partial charge in [-0.2, -0.15) is 0 Å². The lowest BCUT2D eigenvalue weighted by molar-refractivity contribution is 0.00763. The van der Waals surface area contributed by atoms with Gasteiger partial charge in [0.25, 0.3) is 10.0 Å². The van der Waals surface area contributed by atoms with Crippen LogP contribution in [0.5, 0.6) is 0 Å². The number of esters is 1. The monoisotopic (exact) mass is 579 g/mol. The molecular weight excluding hydrogens is 545 g/mol. The predicted molar refractivity (Wildman–Crippen MR) is 163 cm³/mol. The van der Waals surface area contributed by atoms with Crippen molar-refractivity contribution in [3.63, 3.8) is 0 Å². The largest absolute Gasteiger partial charge is 0.488 e. The second-order valence-electron chi connectivity index (χ2n) is 10.4. The number of hydrogen-bond acceptors (Lipinski definition) is 7. The molecule has 3 N–H and O–H groups in total. The van der Waals surface area contributed by atoms with Crippen molar-refractivity contribution >= 4 is 45.6 Å². The molecule has 0 saturated carbocycles. The Balaban J connectivity index is 0.000000371. The fraction of sp³-hybridized carbons (Fsp3) is 0.233. The van der Waals surface area contributed by atoms with Gasteiger partial charge >= 0.3 is 13.1 Å². The average Bonchev–Trinajstić information content (AvgIpc) is 3.27. The van der Waals surface area contributed by atoms with Crippen LogP contribution in [0.1, 0.15) is 47.1 Å². The second-order valence-corrected chi connectivity index (χ2v) is 13.1. The number of carbonyl (C=O) groups excluding carboxylic acids is 1. The smallest absolute Gasteiger partial charge is 0.456 e. The van der Waals surface area contributed by atoms with E-state index in [-0.39, 0.29) is 15.5 Å². The van der Waals surface area contributed by atoms with Gasteiger partial charge in [0.1, 0.15) is 10.5 Å². The number of anilines is 1. The highest BCUT2D eigenvalue weighted by molar-refractivity contribution is 7.92. The molecule has 0 aliphatic carbocycles. The second kappa shape index (κ2) is 12.8. The first kappa shape index (κ1) is 31.1. The number of rotatable bonds is 6. The molecule has 0 unspecified atom stereocenters. The zero-order chi connectivity index (χ0) is 29.7. The summed E-state index contributed by atoms with van der Waals surface area (Å²) < 4.78 is 34.1. The van der Waals surface area contributed by atoms with Crippen molar-refractivity contribution in [3.8, 4) is 10.4 Å². The molecule has 1 aromatic heterocycles. The van der Waals surface area contributed by atoms with Crippen LogP contribution in [0.2, 0.25) is 0 Å². The van der Waals surface area contributed by atoms with E-state index in [0.717, 1.165) is 21.6 Å². The van der Waals surface area contributed by atoms with Crippen molar-refractivity contribution < 1.29 is 28.0 Å². The molecule has 0 spiro atoms. The lowest BCUT2D eigenvalue weighted by Gasteiger charge is -2.19. The predicted octanol–water partition coefficient (Wildman–Crippen LogP) is 5.46. The molecule has 0 aliphatic heterocycles. The number of nitrogens with one attached hydrogen (secondary N) is 1. The molecule has 210 valence electrons. The summed E-state index contributed by atoms with van der Waals surface area (Å²) in [7, 11) is -5.22. The number of carbonyl (C=O) groups is 1. The van der Waals surface area contributed by atoms with Gasteiger partial charge in [0.2, 0.25) is 0 Å². The number of benzene rings is 3. The molecule has 0 fully saturated rings. The van der Waals surface area contributed by atoms with E-state index in [1.807, 2.05) is 50.2 Å². The first-order chi connectivity index (χ1) is 18.7. The summed E-state index contributed by atoms with van der Waals surface area (Å²) in [5, 5.41) is 17.3. The summed E-state index contributed by atoms with van der Waals surface area (Å²) in [6.45, 7) is 11.0. The Morgan fingerprint density at radius 2 is 1.43 bits per heavy atom. The minimum atomic E-state index is -3.87. The van der Waals surface area contributed by atoms with E-state index in [9.17, 15) is 13.2 Å². The summed E-state index contributed by atoms with van der Waals surface area (Å²) >= 11 is 1.21. The number of aryl methyl sites for hydroxylation is 3. The zero-order valence-corrected chi connectivity index (χ0v) is 25.1. The first-order valence-electron chi connectivity index (χ1n) is 12.6. The van der Waals surface area contributed by atoms with Gasteiger partial charge in [0.05, 0.1) is 10.6 Å². The summed E-state index contributed by atoms with van der Waals surface area (Å²) in [5.74, 6) is -0.562. The fourth-order valence-corrected chi connectivity index (χ4v) is 5.97. The minimum absolute atomic E-state index is 0.170. The molecule has 0 amide bonds. The van der Waals surface area contributed by atoms with Crippen molar-refractivity contribution in [3.05, 3.63) is 100 Å². The summed E-state index contributed by atoms with van der Waals surface area (Å²) in [5.41, 5.74) is 3.80. The number of sulfonamides is 1. The number of thiophene rings is 1. The molecule has 0 radical (unpaired) electrons. The Hall–Kier alpha value is -3.44. The molecule has 10 heteroatoms. The van der Waals surface area contributed by atoms with E-state index in [0.29, 0.717) is 11.0 Å². The van der Waals surface area contributed by atoms with Crippen molar-refractivity contribution in [1.29, 1.82) is 0 Å². The van der Waals surface area contributed by atoms with Crippen LogP contribution in [-0.2, 0) is 14.8 Å². The zero-order valence-electron chi connectivity index (χ0n) is 23.4. The van der Waals surface area contributed by atoms with Crippen LogP contribution in [0.25, 0.3) is 10.4 Å². The van der Waals surface area contributed by atoms with Crippen LogP contribution in [0.4, 0.5) is 5.69 Å². The van der Waals surface area contributed by atoms with Gasteiger partial charge < -0.3 is 14.8 Å². The highest BCUT2D eigenvalue weighted by Gasteiger charge is 2.27. The fourth-order valence-electron chi connectivity index (χ4n) is 3.60. The van der Waals surface area contributed by atoms with Crippen LogP contribution in [0.15, 0.2) is 83.8 Å². The Labute approximate surface area is 240 Å². The lowest BCUT2D eigenvalue weighted by Crippen LogP contribution is -2.29. The highest BCUT2D eigenvalue weighted by Crippen LogP contribution is 2.37. The molecule has 3 aromatic carbocycles. The summed E-state index contributed by atoms with van der Waals surface area (Å²) in [6, 6.07) is 23.3. The van der Waals surface area contributed by atoms with Crippen molar-refractivity contribution in [2.75, 3.05) is 4.72 Å². The van der Waals surface area contributed by atoms with E-state index in [1.165, 1.54) is 17.4 Å². The molecule has 7 nitrogen and oxygen atoms in total. The van der Waals surface area contributed by atoms with E-state index < -0.39 is 28.7 Å². The molecular formula is C30H34BNO6S2. The SMILES string of the molecule is Cc1ccc(-c2cc(NS(=O)(=O)c3ccccc3C)c(C(=O)OC(C)(C)C)s2)cc1.Cc1ccc(B(O)O)cc1. The molecule has 40 heavy (non-hydrogen) atoms.